The number of hydrogen-bond donors (Lipinski definition) is 2. The summed E-state index contributed by atoms with van der Waals surface area (Å²) in [6.07, 6.45) is 1.47. The summed E-state index contributed by atoms with van der Waals surface area (Å²) in [5.74, 6) is 0.0854. The summed E-state index contributed by atoms with van der Waals surface area (Å²) in [5, 5.41) is 13.7. The molecule has 0 aliphatic heterocycles. The second-order valence-corrected chi connectivity index (χ2v) is 5.55. The Morgan fingerprint density at radius 1 is 1.32 bits per heavy atom. The minimum Gasteiger partial charge on any atom is -0.508 e. The van der Waals surface area contributed by atoms with Gasteiger partial charge >= 0.3 is 0 Å². The van der Waals surface area contributed by atoms with Crippen LogP contribution >= 0.6 is 11.8 Å². The number of aryl methyl sites for hydroxylation is 2. The summed E-state index contributed by atoms with van der Waals surface area (Å²) in [4.78, 5) is 20.2. The Kier molecular flexibility index (Phi) is 5.48. The first kappa shape index (κ1) is 16.0. The fraction of sp³-hybridized carbons (Fsp3) is 0.200. The topological polar surface area (TPSA) is 87.5 Å². The summed E-state index contributed by atoms with van der Waals surface area (Å²) >= 11 is 1.26. The normalized spacial score (nSPS) is 10.8. The van der Waals surface area contributed by atoms with Crippen LogP contribution < -0.4 is 5.43 Å². The average molecular weight is 316 g/mol. The summed E-state index contributed by atoms with van der Waals surface area (Å²) < 4.78 is 0. The van der Waals surface area contributed by atoms with E-state index >= 15 is 0 Å². The molecule has 1 amide bonds. The number of thioether (sulfide) groups is 1. The molecule has 0 saturated carbocycles. The van der Waals surface area contributed by atoms with Gasteiger partial charge in [-0.05, 0) is 37.6 Å². The highest BCUT2D eigenvalue weighted by atomic mass is 32.2. The van der Waals surface area contributed by atoms with Gasteiger partial charge in [0.15, 0.2) is 5.16 Å². The summed E-state index contributed by atoms with van der Waals surface area (Å²) in [7, 11) is 0. The molecule has 6 nitrogen and oxygen atoms in total. The second-order valence-electron chi connectivity index (χ2n) is 4.61. The molecule has 0 unspecified atom stereocenters. The van der Waals surface area contributed by atoms with Crippen molar-refractivity contribution in [2.45, 2.75) is 19.0 Å². The smallest absolute Gasteiger partial charge is 0.250 e. The molecule has 2 rings (SSSR count). The minimum absolute atomic E-state index is 0.151. The Labute approximate surface area is 132 Å². The quantitative estimate of drug-likeness (QED) is 0.381. The van der Waals surface area contributed by atoms with Gasteiger partial charge < -0.3 is 5.11 Å². The predicted molar refractivity (Wildman–Crippen MR) is 86.1 cm³/mol. The number of carbonyl (C=O) groups excluding carboxylic acids is 1. The molecule has 0 bridgehead atoms. The molecule has 1 aromatic heterocycles. The molecule has 2 N–H and O–H groups in total. The Morgan fingerprint density at radius 3 is 2.73 bits per heavy atom. The van der Waals surface area contributed by atoms with Crippen molar-refractivity contribution in [3.63, 3.8) is 0 Å². The van der Waals surface area contributed by atoms with Crippen LogP contribution in [0, 0.1) is 13.8 Å². The monoisotopic (exact) mass is 316 g/mol. The van der Waals surface area contributed by atoms with Gasteiger partial charge in [-0.15, -0.1) is 0 Å². The van der Waals surface area contributed by atoms with Crippen LogP contribution in [0.2, 0.25) is 0 Å². The van der Waals surface area contributed by atoms with Gasteiger partial charge in [-0.1, -0.05) is 23.9 Å². The van der Waals surface area contributed by atoms with Crippen LogP contribution in [0.3, 0.4) is 0 Å². The highest BCUT2D eigenvalue weighted by Gasteiger charge is 2.05. The Morgan fingerprint density at radius 2 is 2.05 bits per heavy atom. The molecule has 0 aliphatic carbocycles. The zero-order valence-electron chi connectivity index (χ0n) is 12.3. The number of hydrogen-bond acceptors (Lipinski definition) is 6. The first-order valence-electron chi connectivity index (χ1n) is 6.59. The van der Waals surface area contributed by atoms with Gasteiger partial charge in [0.25, 0.3) is 5.91 Å². The van der Waals surface area contributed by atoms with E-state index in [0.29, 0.717) is 10.7 Å². The Bertz CT molecular complexity index is 683. The third-order valence-electron chi connectivity index (χ3n) is 2.57. The van der Waals surface area contributed by atoms with Crippen LogP contribution in [0.15, 0.2) is 40.6 Å². The lowest BCUT2D eigenvalue weighted by Gasteiger charge is -2.02. The third kappa shape index (κ3) is 5.17. The minimum atomic E-state index is -0.246. The molecule has 1 aromatic carbocycles. The second kappa shape index (κ2) is 7.56. The van der Waals surface area contributed by atoms with Crippen molar-refractivity contribution < 1.29 is 9.90 Å². The zero-order chi connectivity index (χ0) is 15.9. The van der Waals surface area contributed by atoms with Gasteiger partial charge in [-0.3, -0.25) is 4.79 Å². The fourth-order valence-electron chi connectivity index (χ4n) is 1.70. The van der Waals surface area contributed by atoms with Gasteiger partial charge in [0.1, 0.15) is 5.75 Å². The van der Waals surface area contributed by atoms with Crippen molar-refractivity contribution in [3.8, 4) is 5.75 Å². The number of phenolic OH excluding ortho intramolecular Hbond substituents is 1. The lowest BCUT2D eigenvalue weighted by atomic mass is 10.2. The number of amides is 1. The van der Waals surface area contributed by atoms with Crippen molar-refractivity contribution in [3.05, 3.63) is 47.3 Å². The number of rotatable bonds is 5. The molecule has 0 radical (unpaired) electrons. The van der Waals surface area contributed by atoms with Crippen LogP contribution in [0.1, 0.15) is 17.0 Å². The number of nitrogens with zero attached hydrogens (tertiary/aromatic N) is 3. The molecule has 0 atom stereocenters. The molecular formula is C15H16N4O2S. The molecule has 7 heteroatoms. The van der Waals surface area contributed by atoms with Crippen molar-refractivity contribution in [2.24, 2.45) is 5.10 Å². The molecule has 22 heavy (non-hydrogen) atoms. The van der Waals surface area contributed by atoms with Crippen molar-refractivity contribution >= 4 is 23.9 Å². The van der Waals surface area contributed by atoms with E-state index in [2.05, 4.69) is 20.5 Å². The number of hydrazone groups is 1. The molecule has 0 aliphatic rings. The van der Waals surface area contributed by atoms with Gasteiger partial charge in [-0.25, -0.2) is 15.4 Å². The molecular weight excluding hydrogens is 300 g/mol. The van der Waals surface area contributed by atoms with Gasteiger partial charge in [0.05, 0.1) is 12.0 Å². The molecule has 0 spiro atoms. The SMILES string of the molecule is Cc1cc(C)nc(SCC(=O)N/N=C/c2cccc(O)c2)n1. The molecule has 1 heterocycles. The molecule has 0 fully saturated rings. The maximum atomic E-state index is 11.7. The molecule has 2 aromatic rings. The van der Waals surface area contributed by atoms with E-state index in [1.54, 1.807) is 24.3 Å². The zero-order valence-corrected chi connectivity index (χ0v) is 13.1. The number of carbonyl (C=O) groups is 1. The maximum Gasteiger partial charge on any atom is 0.250 e. The van der Waals surface area contributed by atoms with E-state index in [-0.39, 0.29) is 17.4 Å². The van der Waals surface area contributed by atoms with Crippen molar-refractivity contribution in [1.82, 2.24) is 15.4 Å². The van der Waals surface area contributed by atoms with E-state index in [1.807, 2.05) is 19.9 Å². The third-order valence-corrected chi connectivity index (χ3v) is 3.41. The first-order valence-corrected chi connectivity index (χ1v) is 7.57. The summed E-state index contributed by atoms with van der Waals surface area (Å²) in [6.45, 7) is 3.77. The van der Waals surface area contributed by atoms with Crippen LogP contribution in [0.25, 0.3) is 0 Å². The molecule has 0 saturated heterocycles. The van der Waals surface area contributed by atoms with E-state index in [9.17, 15) is 9.90 Å². The Balaban J connectivity index is 1.83. The molecule has 114 valence electrons. The highest BCUT2D eigenvalue weighted by molar-refractivity contribution is 7.99. The maximum absolute atomic E-state index is 11.7. The lowest BCUT2D eigenvalue weighted by molar-refractivity contribution is -0.118. The summed E-state index contributed by atoms with van der Waals surface area (Å²) in [6, 6.07) is 8.47. The van der Waals surface area contributed by atoms with Crippen LogP contribution in [-0.4, -0.2) is 32.9 Å². The van der Waals surface area contributed by atoms with Gasteiger partial charge in [0, 0.05) is 11.4 Å². The number of phenols is 1. The van der Waals surface area contributed by atoms with E-state index in [4.69, 9.17) is 0 Å². The van der Waals surface area contributed by atoms with Gasteiger partial charge in [0.2, 0.25) is 0 Å². The lowest BCUT2D eigenvalue weighted by Crippen LogP contribution is -2.19. The number of aromatic hydroxyl groups is 1. The summed E-state index contributed by atoms with van der Waals surface area (Å²) in [5.41, 5.74) is 4.87. The first-order chi connectivity index (χ1) is 10.5. The van der Waals surface area contributed by atoms with E-state index in [0.717, 1.165) is 11.4 Å². The van der Waals surface area contributed by atoms with Crippen molar-refractivity contribution in [2.75, 3.05) is 5.75 Å². The number of aromatic nitrogens is 2. The van der Waals surface area contributed by atoms with Crippen molar-refractivity contribution in [1.29, 1.82) is 0 Å². The van der Waals surface area contributed by atoms with Crippen LogP contribution in [0.4, 0.5) is 0 Å². The van der Waals surface area contributed by atoms with Crippen LogP contribution in [-0.2, 0) is 4.79 Å². The highest BCUT2D eigenvalue weighted by Crippen LogP contribution is 2.13. The standard InChI is InChI=1S/C15H16N4O2S/c1-10-6-11(2)18-15(17-10)22-9-14(21)19-16-8-12-4-3-5-13(20)7-12/h3-8,20H,9H2,1-2H3,(H,19,21)/b16-8+. The average Bonchev–Trinajstić information content (AvgIpc) is 2.44. The predicted octanol–water partition coefficient (Wildman–Crippen LogP) is 2.04. The largest absolute Gasteiger partial charge is 0.508 e. The Hall–Kier alpha value is -2.41. The van der Waals surface area contributed by atoms with Gasteiger partial charge in [-0.2, -0.15) is 5.10 Å². The fourth-order valence-corrected chi connectivity index (χ4v) is 2.45. The number of benzene rings is 1. The number of nitrogens with one attached hydrogen (secondary N) is 1. The van der Waals surface area contributed by atoms with E-state index < -0.39 is 0 Å². The van der Waals surface area contributed by atoms with E-state index in [1.165, 1.54) is 18.0 Å². The van der Waals surface area contributed by atoms with Crippen LogP contribution in [0.5, 0.6) is 5.75 Å².